The van der Waals surface area contributed by atoms with E-state index in [1.165, 1.54) is 25.3 Å². The number of nitrogens with zero attached hydrogens (tertiary/aromatic N) is 1. The average molecular weight is 250 g/mol. The summed E-state index contributed by atoms with van der Waals surface area (Å²) < 4.78 is 13.9. The summed E-state index contributed by atoms with van der Waals surface area (Å²) >= 11 is 1.85. The molecule has 1 fully saturated rings. The minimum absolute atomic E-state index is 0.278. The molecule has 1 N–H and O–H groups in total. The summed E-state index contributed by atoms with van der Waals surface area (Å²) in [6.07, 6.45) is 5.76. The highest BCUT2D eigenvalue weighted by atomic mass is 32.2. The second kappa shape index (κ2) is 4.97. The second-order valence-electron chi connectivity index (χ2n) is 4.40. The number of halogens is 1. The van der Waals surface area contributed by atoms with E-state index in [1.54, 1.807) is 12.1 Å². The number of anilines is 1. The van der Waals surface area contributed by atoms with Crippen LogP contribution in [-0.2, 0) is 0 Å². The van der Waals surface area contributed by atoms with Gasteiger partial charge in [0, 0.05) is 11.3 Å². The Bertz CT molecular complexity index is 444. The first-order chi connectivity index (χ1) is 8.19. The number of thioether (sulfide) groups is 1. The number of rotatable bonds is 4. The van der Waals surface area contributed by atoms with Gasteiger partial charge >= 0.3 is 0 Å². The third-order valence-corrected chi connectivity index (χ3v) is 4.82. The van der Waals surface area contributed by atoms with Gasteiger partial charge in [0.1, 0.15) is 5.82 Å². The molecule has 1 aliphatic rings. The molecule has 0 radical (unpaired) electrons. The Hall–Kier alpha value is -1.21. The summed E-state index contributed by atoms with van der Waals surface area (Å²) in [4.78, 5) is 0. The van der Waals surface area contributed by atoms with E-state index in [2.05, 4.69) is 11.6 Å². The zero-order chi connectivity index (χ0) is 12.3. The molecule has 1 saturated carbocycles. The van der Waals surface area contributed by atoms with Crippen molar-refractivity contribution in [3.63, 3.8) is 0 Å². The molecule has 4 heteroatoms. The maximum atomic E-state index is 13.6. The van der Waals surface area contributed by atoms with Gasteiger partial charge in [0.15, 0.2) is 0 Å². The summed E-state index contributed by atoms with van der Waals surface area (Å²) in [7, 11) is 0. The number of nitrogens with one attached hydrogen (secondary N) is 1. The molecule has 1 aliphatic carbocycles. The molecule has 17 heavy (non-hydrogen) atoms. The average Bonchev–Trinajstić information content (AvgIpc) is 2.30. The Morgan fingerprint density at radius 3 is 2.76 bits per heavy atom. The van der Waals surface area contributed by atoms with Crippen LogP contribution in [0.15, 0.2) is 18.2 Å². The van der Waals surface area contributed by atoms with E-state index in [-0.39, 0.29) is 10.6 Å². The molecule has 0 heterocycles. The van der Waals surface area contributed by atoms with Crippen molar-refractivity contribution in [1.29, 1.82) is 5.26 Å². The smallest absolute Gasteiger partial charge is 0.147 e. The highest BCUT2D eigenvalue weighted by Gasteiger charge is 2.35. The summed E-state index contributed by atoms with van der Waals surface area (Å²) in [5.74, 6) is -0.348. The Morgan fingerprint density at radius 2 is 2.29 bits per heavy atom. The highest BCUT2D eigenvalue weighted by molar-refractivity contribution is 8.00. The molecule has 1 aromatic carbocycles. The molecule has 1 aromatic rings. The van der Waals surface area contributed by atoms with Gasteiger partial charge in [0.05, 0.1) is 17.3 Å². The summed E-state index contributed by atoms with van der Waals surface area (Å²) in [6, 6.07) is 6.48. The Labute approximate surface area is 105 Å². The number of hydrogen-bond acceptors (Lipinski definition) is 3. The van der Waals surface area contributed by atoms with E-state index in [4.69, 9.17) is 5.26 Å². The van der Waals surface area contributed by atoms with Crippen molar-refractivity contribution in [3.05, 3.63) is 29.6 Å². The third kappa shape index (κ3) is 2.55. The summed E-state index contributed by atoms with van der Waals surface area (Å²) in [5, 5.41) is 11.8. The van der Waals surface area contributed by atoms with Crippen LogP contribution < -0.4 is 5.32 Å². The zero-order valence-corrected chi connectivity index (χ0v) is 10.6. The van der Waals surface area contributed by atoms with Crippen molar-refractivity contribution in [2.24, 2.45) is 0 Å². The van der Waals surface area contributed by atoms with E-state index < -0.39 is 0 Å². The number of hydrogen-bond donors (Lipinski definition) is 1. The fourth-order valence-corrected chi connectivity index (χ4v) is 2.92. The van der Waals surface area contributed by atoms with Crippen LogP contribution in [0.4, 0.5) is 10.1 Å². The molecule has 0 spiro atoms. The molecule has 0 aliphatic heterocycles. The van der Waals surface area contributed by atoms with Crippen molar-refractivity contribution >= 4 is 17.4 Å². The highest BCUT2D eigenvalue weighted by Crippen LogP contribution is 2.42. The first-order valence-electron chi connectivity index (χ1n) is 5.68. The van der Waals surface area contributed by atoms with Crippen LogP contribution in [0.5, 0.6) is 0 Å². The molecular formula is C13H15FN2S. The molecule has 0 bridgehead atoms. The topological polar surface area (TPSA) is 35.8 Å². The number of nitriles is 1. The van der Waals surface area contributed by atoms with Gasteiger partial charge in [0.25, 0.3) is 0 Å². The second-order valence-corrected chi connectivity index (χ2v) is 5.67. The van der Waals surface area contributed by atoms with Gasteiger partial charge in [0.2, 0.25) is 0 Å². The van der Waals surface area contributed by atoms with Gasteiger partial charge in [-0.25, -0.2) is 4.39 Å². The minimum Gasteiger partial charge on any atom is -0.381 e. The lowest BCUT2D eigenvalue weighted by Crippen LogP contribution is -2.40. The third-order valence-electron chi connectivity index (χ3n) is 3.40. The maximum absolute atomic E-state index is 13.6. The lowest BCUT2D eigenvalue weighted by molar-refractivity contribution is 0.379. The Balaban J connectivity index is 2.02. The van der Waals surface area contributed by atoms with E-state index in [0.29, 0.717) is 11.3 Å². The number of benzene rings is 1. The van der Waals surface area contributed by atoms with Crippen molar-refractivity contribution in [1.82, 2.24) is 0 Å². The summed E-state index contributed by atoms with van der Waals surface area (Å²) in [5.41, 5.74) is 0.848. The fourth-order valence-electron chi connectivity index (χ4n) is 2.01. The van der Waals surface area contributed by atoms with Gasteiger partial charge < -0.3 is 5.32 Å². The lowest BCUT2D eigenvalue weighted by atomic mass is 9.84. The predicted molar refractivity (Wildman–Crippen MR) is 69.7 cm³/mol. The lowest BCUT2D eigenvalue weighted by Gasteiger charge is -2.40. The molecule has 0 atom stereocenters. The fraction of sp³-hybridized carbons (Fsp3) is 0.462. The van der Waals surface area contributed by atoms with Gasteiger partial charge in [-0.1, -0.05) is 6.42 Å². The van der Waals surface area contributed by atoms with Crippen LogP contribution in [0.1, 0.15) is 24.8 Å². The zero-order valence-electron chi connectivity index (χ0n) is 9.79. The van der Waals surface area contributed by atoms with Crippen molar-refractivity contribution < 1.29 is 4.39 Å². The van der Waals surface area contributed by atoms with Gasteiger partial charge in [-0.2, -0.15) is 17.0 Å². The van der Waals surface area contributed by atoms with E-state index in [1.807, 2.05) is 17.8 Å². The van der Waals surface area contributed by atoms with E-state index in [9.17, 15) is 4.39 Å². The molecular weight excluding hydrogens is 235 g/mol. The first kappa shape index (κ1) is 12.3. The van der Waals surface area contributed by atoms with Crippen molar-refractivity contribution in [2.75, 3.05) is 18.1 Å². The van der Waals surface area contributed by atoms with E-state index in [0.717, 1.165) is 6.54 Å². The minimum atomic E-state index is -0.348. The van der Waals surface area contributed by atoms with Crippen molar-refractivity contribution in [3.8, 4) is 6.07 Å². The summed E-state index contributed by atoms with van der Waals surface area (Å²) in [6.45, 7) is 0.789. The monoisotopic (exact) mass is 250 g/mol. The first-order valence-corrected chi connectivity index (χ1v) is 6.90. The van der Waals surface area contributed by atoms with Crippen LogP contribution >= 0.6 is 11.8 Å². The van der Waals surface area contributed by atoms with Crippen molar-refractivity contribution in [2.45, 2.75) is 24.0 Å². The van der Waals surface area contributed by atoms with Crippen LogP contribution in [0, 0.1) is 17.1 Å². The van der Waals surface area contributed by atoms with Gasteiger partial charge in [-0.15, -0.1) is 0 Å². The standard InChI is InChI=1S/C13H15FN2S/c1-17-13(5-2-6-13)9-16-12-4-3-10(8-15)7-11(12)14/h3-4,7,16H,2,5-6,9H2,1H3. The molecule has 2 rings (SSSR count). The van der Waals surface area contributed by atoms with Gasteiger partial charge in [-0.05, 0) is 37.3 Å². The molecule has 0 amide bonds. The molecule has 2 nitrogen and oxygen atoms in total. The Kier molecular flexibility index (Phi) is 3.58. The van der Waals surface area contributed by atoms with Crippen LogP contribution in [0.2, 0.25) is 0 Å². The molecule has 90 valence electrons. The maximum Gasteiger partial charge on any atom is 0.147 e. The van der Waals surface area contributed by atoms with Crippen LogP contribution in [-0.4, -0.2) is 17.5 Å². The largest absolute Gasteiger partial charge is 0.381 e. The quantitative estimate of drug-likeness (QED) is 0.889. The Morgan fingerprint density at radius 1 is 1.53 bits per heavy atom. The van der Waals surface area contributed by atoms with Gasteiger partial charge in [-0.3, -0.25) is 0 Å². The molecule has 0 unspecified atom stereocenters. The van der Waals surface area contributed by atoms with Crippen LogP contribution in [0.3, 0.4) is 0 Å². The molecule has 0 aromatic heterocycles. The normalized spacial score (nSPS) is 17.0. The molecule has 0 saturated heterocycles. The SMILES string of the molecule is CSC1(CNc2ccc(C#N)cc2F)CCC1. The van der Waals surface area contributed by atoms with Crippen LogP contribution in [0.25, 0.3) is 0 Å². The van der Waals surface area contributed by atoms with E-state index >= 15 is 0 Å². The predicted octanol–water partition coefficient (Wildman–Crippen LogP) is 3.39.